The molecule has 5 nitrogen and oxygen atoms in total. The highest BCUT2D eigenvalue weighted by Crippen LogP contribution is 2.12. The first-order chi connectivity index (χ1) is 9.02. The number of benzene rings is 1. The van der Waals surface area contributed by atoms with Crippen LogP contribution in [0.15, 0.2) is 24.3 Å². The van der Waals surface area contributed by atoms with E-state index in [1.165, 1.54) is 0 Å². The van der Waals surface area contributed by atoms with Gasteiger partial charge in [-0.15, -0.1) is 0 Å². The molecule has 0 spiro atoms. The number of nitrogens with one attached hydrogen (secondary N) is 1. The molecule has 1 rings (SSSR count). The summed E-state index contributed by atoms with van der Waals surface area (Å²) in [6, 6.07) is 6.52. The second-order valence-electron chi connectivity index (χ2n) is 4.71. The van der Waals surface area contributed by atoms with Gasteiger partial charge in [0.15, 0.2) is 0 Å². The molecule has 5 N–H and O–H groups in total. The Morgan fingerprint density at radius 2 is 1.84 bits per heavy atom. The molecule has 0 saturated carbocycles. The van der Waals surface area contributed by atoms with Crippen molar-refractivity contribution in [3.05, 3.63) is 29.8 Å². The van der Waals surface area contributed by atoms with Gasteiger partial charge in [-0.3, -0.25) is 9.59 Å². The van der Waals surface area contributed by atoms with Gasteiger partial charge in [0, 0.05) is 17.7 Å². The van der Waals surface area contributed by atoms with Gasteiger partial charge in [0.05, 0.1) is 0 Å². The van der Waals surface area contributed by atoms with Crippen molar-refractivity contribution < 1.29 is 9.59 Å². The van der Waals surface area contributed by atoms with Gasteiger partial charge >= 0.3 is 0 Å². The van der Waals surface area contributed by atoms with E-state index in [-0.39, 0.29) is 5.91 Å². The average Bonchev–Trinajstić information content (AvgIpc) is 2.37. The van der Waals surface area contributed by atoms with Crippen LogP contribution in [0.4, 0.5) is 5.69 Å². The minimum absolute atomic E-state index is 0.0318. The van der Waals surface area contributed by atoms with Crippen LogP contribution in [0.2, 0.25) is 0 Å². The predicted octanol–water partition coefficient (Wildman–Crippen LogP) is 1.49. The van der Waals surface area contributed by atoms with Gasteiger partial charge in [0.2, 0.25) is 11.8 Å². The van der Waals surface area contributed by atoms with E-state index in [4.69, 9.17) is 11.5 Å². The third-order valence-electron chi connectivity index (χ3n) is 2.98. The Labute approximate surface area is 113 Å². The van der Waals surface area contributed by atoms with E-state index in [2.05, 4.69) is 12.2 Å². The Kier molecular flexibility index (Phi) is 6.02. The molecule has 1 aromatic rings. The Balaban J connectivity index is 2.42. The van der Waals surface area contributed by atoms with Crippen LogP contribution in [0.1, 0.15) is 36.5 Å². The standard InChI is InChI=1S/C14H21N3O2/c1-10(8-9-15)2-7-13(18)17-12-5-3-11(4-6-12)14(16)19/h3-6,10H,2,7-9,15H2,1H3,(H2,16,19)(H,17,18). The van der Waals surface area contributed by atoms with Crippen LogP contribution in [0.5, 0.6) is 0 Å². The molecule has 5 heteroatoms. The van der Waals surface area contributed by atoms with Gasteiger partial charge in [0.1, 0.15) is 0 Å². The second kappa shape index (κ2) is 7.53. The average molecular weight is 263 g/mol. The summed E-state index contributed by atoms with van der Waals surface area (Å²) in [5.41, 5.74) is 11.7. The van der Waals surface area contributed by atoms with E-state index in [0.717, 1.165) is 12.8 Å². The topological polar surface area (TPSA) is 98.2 Å². The van der Waals surface area contributed by atoms with E-state index in [1.807, 2.05) is 0 Å². The van der Waals surface area contributed by atoms with Crippen LogP contribution in [0.25, 0.3) is 0 Å². The van der Waals surface area contributed by atoms with Crippen molar-refractivity contribution in [2.24, 2.45) is 17.4 Å². The number of primary amides is 1. The number of amides is 2. The van der Waals surface area contributed by atoms with Gasteiger partial charge in [-0.05, 0) is 49.6 Å². The molecular weight excluding hydrogens is 242 g/mol. The molecule has 0 aliphatic carbocycles. The highest BCUT2D eigenvalue weighted by atomic mass is 16.1. The third kappa shape index (κ3) is 5.52. The molecule has 1 atom stereocenters. The summed E-state index contributed by atoms with van der Waals surface area (Å²) < 4.78 is 0. The molecule has 0 aromatic heterocycles. The van der Waals surface area contributed by atoms with Crippen molar-refractivity contribution in [2.45, 2.75) is 26.2 Å². The predicted molar refractivity (Wildman–Crippen MR) is 75.7 cm³/mol. The normalized spacial score (nSPS) is 11.9. The third-order valence-corrected chi connectivity index (χ3v) is 2.98. The van der Waals surface area contributed by atoms with Crippen LogP contribution in [0, 0.1) is 5.92 Å². The molecule has 0 saturated heterocycles. The molecule has 0 fully saturated rings. The second-order valence-corrected chi connectivity index (χ2v) is 4.71. The maximum absolute atomic E-state index is 11.7. The Bertz CT molecular complexity index is 429. The van der Waals surface area contributed by atoms with Crippen molar-refractivity contribution in [3.8, 4) is 0 Å². The molecule has 2 amide bonds. The fraction of sp³-hybridized carbons (Fsp3) is 0.429. The lowest BCUT2D eigenvalue weighted by molar-refractivity contribution is -0.116. The molecular formula is C14H21N3O2. The molecule has 1 aromatic carbocycles. The summed E-state index contributed by atoms with van der Waals surface area (Å²) >= 11 is 0. The lowest BCUT2D eigenvalue weighted by atomic mass is 10.0. The fourth-order valence-electron chi connectivity index (χ4n) is 1.75. The summed E-state index contributed by atoms with van der Waals surface area (Å²) in [6.07, 6.45) is 2.22. The molecule has 0 radical (unpaired) electrons. The summed E-state index contributed by atoms with van der Waals surface area (Å²) in [5, 5.41) is 2.78. The van der Waals surface area contributed by atoms with E-state index in [1.54, 1.807) is 24.3 Å². The first-order valence-electron chi connectivity index (χ1n) is 6.42. The van der Waals surface area contributed by atoms with Crippen LogP contribution in [0.3, 0.4) is 0 Å². The molecule has 104 valence electrons. The number of hydrogen-bond acceptors (Lipinski definition) is 3. The quantitative estimate of drug-likeness (QED) is 0.695. The molecule has 19 heavy (non-hydrogen) atoms. The van der Waals surface area contributed by atoms with Gasteiger partial charge < -0.3 is 16.8 Å². The van der Waals surface area contributed by atoms with Crippen molar-refractivity contribution in [2.75, 3.05) is 11.9 Å². The van der Waals surface area contributed by atoms with Gasteiger partial charge in [-0.2, -0.15) is 0 Å². The molecule has 1 unspecified atom stereocenters. The van der Waals surface area contributed by atoms with Crippen LogP contribution < -0.4 is 16.8 Å². The molecule has 0 heterocycles. The number of carbonyl (C=O) groups is 2. The van der Waals surface area contributed by atoms with Gasteiger partial charge in [0.25, 0.3) is 0 Å². The number of nitrogens with two attached hydrogens (primary N) is 2. The maximum atomic E-state index is 11.7. The van der Waals surface area contributed by atoms with E-state index < -0.39 is 5.91 Å². The van der Waals surface area contributed by atoms with Crippen LogP contribution in [-0.2, 0) is 4.79 Å². The Morgan fingerprint density at radius 1 is 1.21 bits per heavy atom. The first kappa shape index (κ1) is 15.2. The molecule has 0 aliphatic heterocycles. The lowest BCUT2D eigenvalue weighted by Crippen LogP contribution is -2.14. The minimum atomic E-state index is -0.478. The minimum Gasteiger partial charge on any atom is -0.366 e. The van der Waals surface area contributed by atoms with Crippen LogP contribution in [-0.4, -0.2) is 18.4 Å². The molecule has 0 bridgehead atoms. The van der Waals surface area contributed by atoms with Crippen molar-refractivity contribution in [1.29, 1.82) is 0 Å². The SMILES string of the molecule is CC(CCN)CCC(=O)Nc1ccc(C(N)=O)cc1. The van der Waals surface area contributed by atoms with Crippen molar-refractivity contribution >= 4 is 17.5 Å². The number of anilines is 1. The zero-order valence-corrected chi connectivity index (χ0v) is 11.2. The van der Waals surface area contributed by atoms with E-state index in [9.17, 15) is 9.59 Å². The highest BCUT2D eigenvalue weighted by molar-refractivity contribution is 5.94. The highest BCUT2D eigenvalue weighted by Gasteiger charge is 2.07. The maximum Gasteiger partial charge on any atom is 0.248 e. The number of carbonyl (C=O) groups excluding carboxylic acids is 2. The smallest absolute Gasteiger partial charge is 0.248 e. The fourth-order valence-corrected chi connectivity index (χ4v) is 1.75. The largest absolute Gasteiger partial charge is 0.366 e. The zero-order chi connectivity index (χ0) is 14.3. The summed E-state index contributed by atoms with van der Waals surface area (Å²) in [7, 11) is 0. The number of hydrogen-bond donors (Lipinski definition) is 3. The number of rotatable bonds is 7. The van der Waals surface area contributed by atoms with Gasteiger partial charge in [-0.25, -0.2) is 0 Å². The van der Waals surface area contributed by atoms with Crippen LogP contribution >= 0.6 is 0 Å². The monoisotopic (exact) mass is 263 g/mol. The zero-order valence-electron chi connectivity index (χ0n) is 11.2. The van der Waals surface area contributed by atoms with Crippen molar-refractivity contribution in [1.82, 2.24) is 0 Å². The Morgan fingerprint density at radius 3 is 2.37 bits per heavy atom. The van der Waals surface area contributed by atoms with Crippen molar-refractivity contribution in [3.63, 3.8) is 0 Å². The van der Waals surface area contributed by atoms with Gasteiger partial charge in [-0.1, -0.05) is 6.92 Å². The molecule has 0 aliphatic rings. The Hall–Kier alpha value is -1.88. The first-order valence-corrected chi connectivity index (χ1v) is 6.42. The van der Waals surface area contributed by atoms with E-state index in [0.29, 0.717) is 30.1 Å². The lowest BCUT2D eigenvalue weighted by Gasteiger charge is -2.10. The van der Waals surface area contributed by atoms with E-state index >= 15 is 0 Å². The summed E-state index contributed by atoms with van der Waals surface area (Å²) in [4.78, 5) is 22.6. The summed E-state index contributed by atoms with van der Waals surface area (Å²) in [5.74, 6) is -0.0582. The summed E-state index contributed by atoms with van der Waals surface area (Å²) in [6.45, 7) is 2.74.